The van der Waals surface area contributed by atoms with Gasteiger partial charge in [0.25, 0.3) is 0 Å². The SMILES string of the molecule is CCCCN(CC1CCNCC1)C(C)CC. The lowest BCUT2D eigenvalue weighted by Gasteiger charge is -2.33. The Morgan fingerprint density at radius 1 is 1.25 bits per heavy atom. The van der Waals surface area contributed by atoms with Crippen molar-refractivity contribution < 1.29 is 0 Å². The van der Waals surface area contributed by atoms with Crippen molar-refractivity contribution in [2.24, 2.45) is 5.92 Å². The molecule has 0 radical (unpaired) electrons. The number of hydrogen-bond acceptors (Lipinski definition) is 2. The largest absolute Gasteiger partial charge is 0.317 e. The van der Waals surface area contributed by atoms with Gasteiger partial charge in [0.2, 0.25) is 0 Å². The molecule has 0 aliphatic carbocycles. The first-order valence-corrected chi connectivity index (χ1v) is 7.22. The second kappa shape index (κ2) is 8.08. The second-order valence-electron chi connectivity index (χ2n) is 5.30. The number of rotatable bonds is 7. The van der Waals surface area contributed by atoms with Gasteiger partial charge in [0.15, 0.2) is 0 Å². The summed E-state index contributed by atoms with van der Waals surface area (Å²) in [5.41, 5.74) is 0. The van der Waals surface area contributed by atoms with Gasteiger partial charge in [-0.25, -0.2) is 0 Å². The zero-order valence-electron chi connectivity index (χ0n) is 11.5. The summed E-state index contributed by atoms with van der Waals surface area (Å²) in [6, 6.07) is 0.765. The first-order chi connectivity index (χ1) is 7.77. The van der Waals surface area contributed by atoms with E-state index in [2.05, 4.69) is 31.0 Å². The van der Waals surface area contributed by atoms with Crippen molar-refractivity contribution in [1.29, 1.82) is 0 Å². The lowest BCUT2D eigenvalue weighted by atomic mass is 9.96. The predicted octanol–water partition coefficient (Wildman–Crippen LogP) is 2.89. The number of nitrogens with one attached hydrogen (secondary N) is 1. The van der Waals surface area contributed by atoms with Crippen molar-refractivity contribution in [3.05, 3.63) is 0 Å². The highest BCUT2D eigenvalue weighted by molar-refractivity contribution is 4.75. The van der Waals surface area contributed by atoms with E-state index in [1.54, 1.807) is 0 Å². The molecular weight excluding hydrogens is 196 g/mol. The third-order valence-corrected chi connectivity index (χ3v) is 3.96. The van der Waals surface area contributed by atoms with Crippen LogP contribution in [0.4, 0.5) is 0 Å². The summed E-state index contributed by atoms with van der Waals surface area (Å²) in [7, 11) is 0. The van der Waals surface area contributed by atoms with Crippen LogP contribution in [0.15, 0.2) is 0 Å². The van der Waals surface area contributed by atoms with E-state index in [1.165, 1.54) is 58.3 Å². The molecule has 2 nitrogen and oxygen atoms in total. The Kier molecular flexibility index (Phi) is 7.06. The van der Waals surface area contributed by atoms with Crippen LogP contribution in [0.2, 0.25) is 0 Å². The van der Waals surface area contributed by atoms with Crippen LogP contribution in [0.5, 0.6) is 0 Å². The fourth-order valence-electron chi connectivity index (χ4n) is 2.51. The summed E-state index contributed by atoms with van der Waals surface area (Å²) in [5.74, 6) is 0.937. The molecule has 1 saturated heterocycles. The summed E-state index contributed by atoms with van der Waals surface area (Å²) in [4.78, 5) is 2.72. The van der Waals surface area contributed by atoms with Gasteiger partial charge in [-0.1, -0.05) is 20.3 Å². The maximum absolute atomic E-state index is 3.46. The van der Waals surface area contributed by atoms with Gasteiger partial charge in [-0.3, -0.25) is 0 Å². The van der Waals surface area contributed by atoms with Gasteiger partial charge in [-0.2, -0.15) is 0 Å². The minimum Gasteiger partial charge on any atom is -0.317 e. The van der Waals surface area contributed by atoms with Crippen molar-refractivity contribution >= 4 is 0 Å². The van der Waals surface area contributed by atoms with E-state index < -0.39 is 0 Å². The van der Waals surface area contributed by atoms with Gasteiger partial charge in [0, 0.05) is 12.6 Å². The number of nitrogens with zero attached hydrogens (tertiary/aromatic N) is 1. The monoisotopic (exact) mass is 226 g/mol. The molecule has 1 atom stereocenters. The lowest BCUT2D eigenvalue weighted by molar-refractivity contribution is 0.155. The van der Waals surface area contributed by atoms with Crippen LogP contribution in [0.1, 0.15) is 52.9 Å². The number of hydrogen-bond donors (Lipinski definition) is 1. The third kappa shape index (κ3) is 4.84. The van der Waals surface area contributed by atoms with Crippen LogP contribution in [-0.4, -0.2) is 37.1 Å². The van der Waals surface area contributed by atoms with E-state index in [4.69, 9.17) is 0 Å². The van der Waals surface area contributed by atoms with Crippen LogP contribution in [0, 0.1) is 5.92 Å². The van der Waals surface area contributed by atoms with Crippen molar-refractivity contribution in [2.45, 2.75) is 58.9 Å². The van der Waals surface area contributed by atoms with E-state index in [-0.39, 0.29) is 0 Å². The van der Waals surface area contributed by atoms with Gasteiger partial charge in [-0.05, 0) is 58.2 Å². The standard InChI is InChI=1S/C14H30N2/c1-4-6-11-16(13(3)5-2)12-14-7-9-15-10-8-14/h13-15H,4-12H2,1-3H3. The maximum Gasteiger partial charge on any atom is 0.00644 e. The number of unbranched alkanes of at least 4 members (excludes halogenated alkanes) is 1. The summed E-state index contributed by atoms with van der Waals surface area (Å²) >= 11 is 0. The van der Waals surface area contributed by atoms with Crippen LogP contribution in [0.25, 0.3) is 0 Å². The molecular formula is C14H30N2. The molecule has 1 rings (SSSR count). The molecule has 2 heteroatoms. The highest BCUT2D eigenvalue weighted by atomic mass is 15.1. The van der Waals surface area contributed by atoms with Gasteiger partial charge in [0.1, 0.15) is 0 Å². The van der Waals surface area contributed by atoms with E-state index in [0.29, 0.717) is 0 Å². The average molecular weight is 226 g/mol. The third-order valence-electron chi connectivity index (χ3n) is 3.96. The van der Waals surface area contributed by atoms with E-state index in [9.17, 15) is 0 Å². The molecule has 1 fully saturated rings. The normalized spacial score (nSPS) is 20.2. The Labute approximate surface area is 102 Å². The molecule has 1 unspecified atom stereocenters. The molecule has 96 valence electrons. The van der Waals surface area contributed by atoms with Crippen molar-refractivity contribution in [2.75, 3.05) is 26.2 Å². The smallest absolute Gasteiger partial charge is 0.00644 e. The molecule has 0 amide bonds. The molecule has 0 aromatic rings. The predicted molar refractivity (Wildman–Crippen MR) is 71.8 cm³/mol. The molecule has 1 N–H and O–H groups in total. The zero-order chi connectivity index (χ0) is 11.8. The van der Waals surface area contributed by atoms with Crippen LogP contribution in [-0.2, 0) is 0 Å². The zero-order valence-corrected chi connectivity index (χ0v) is 11.5. The van der Waals surface area contributed by atoms with E-state index >= 15 is 0 Å². The molecule has 0 aromatic heterocycles. The van der Waals surface area contributed by atoms with Crippen molar-refractivity contribution in [1.82, 2.24) is 10.2 Å². The highest BCUT2D eigenvalue weighted by Crippen LogP contribution is 2.16. The molecule has 1 heterocycles. The molecule has 1 aliphatic rings. The van der Waals surface area contributed by atoms with Gasteiger partial charge in [0.05, 0.1) is 0 Å². The average Bonchev–Trinajstić information content (AvgIpc) is 2.34. The van der Waals surface area contributed by atoms with Gasteiger partial charge < -0.3 is 10.2 Å². The van der Waals surface area contributed by atoms with Crippen LogP contribution in [0.3, 0.4) is 0 Å². The molecule has 0 spiro atoms. The van der Waals surface area contributed by atoms with Crippen molar-refractivity contribution in [3.8, 4) is 0 Å². The Balaban J connectivity index is 2.34. The Hall–Kier alpha value is -0.0800. The minimum atomic E-state index is 0.765. The second-order valence-corrected chi connectivity index (χ2v) is 5.30. The first-order valence-electron chi connectivity index (χ1n) is 7.22. The van der Waals surface area contributed by atoms with Crippen LogP contribution >= 0.6 is 0 Å². The molecule has 1 aliphatic heterocycles. The summed E-state index contributed by atoms with van der Waals surface area (Å²) in [6.45, 7) is 12.1. The Morgan fingerprint density at radius 2 is 1.94 bits per heavy atom. The maximum atomic E-state index is 3.46. The van der Waals surface area contributed by atoms with E-state index in [1.807, 2.05) is 0 Å². The highest BCUT2D eigenvalue weighted by Gasteiger charge is 2.19. The molecule has 0 saturated carbocycles. The van der Waals surface area contributed by atoms with E-state index in [0.717, 1.165) is 12.0 Å². The van der Waals surface area contributed by atoms with Gasteiger partial charge in [-0.15, -0.1) is 0 Å². The first kappa shape index (κ1) is 14.0. The fourth-order valence-corrected chi connectivity index (χ4v) is 2.51. The topological polar surface area (TPSA) is 15.3 Å². The van der Waals surface area contributed by atoms with Crippen LogP contribution < -0.4 is 5.32 Å². The van der Waals surface area contributed by atoms with Gasteiger partial charge >= 0.3 is 0 Å². The molecule has 0 bridgehead atoms. The molecule has 0 aromatic carbocycles. The Bertz CT molecular complexity index is 164. The lowest BCUT2D eigenvalue weighted by Crippen LogP contribution is -2.40. The quantitative estimate of drug-likeness (QED) is 0.718. The summed E-state index contributed by atoms with van der Waals surface area (Å²) in [5, 5.41) is 3.46. The number of piperidine rings is 1. The fraction of sp³-hybridized carbons (Fsp3) is 1.00. The summed E-state index contributed by atoms with van der Waals surface area (Å²) in [6.07, 6.45) is 6.71. The molecule has 16 heavy (non-hydrogen) atoms. The summed E-state index contributed by atoms with van der Waals surface area (Å²) < 4.78 is 0. The van der Waals surface area contributed by atoms with Crippen molar-refractivity contribution in [3.63, 3.8) is 0 Å². The Morgan fingerprint density at radius 3 is 2.50 bits per heavy atom. The minimum absolute atomic E-state index is 0.765.